The quantitative estimate of drug-likeness (QED) is 0.601. The van der Waals surface area contributed by atoms with E-state index in [1.807, 2.05) is 42.6 Å². The van der Waals surface area contributed by atoms with Gasteiger partial charge < -0.3 is 4.42 Å². The first-order valence-corrected chi connectivity index (χ1v) is 8.42. The number of hydrogen-bond donors (Lipinski definition) is 1. The third kappa shape index (κ3) is 2.72. The van der Waals surface area contributed by atoms with Crippen LogP contribution >= 0.6 is 11.3 Å². The van der Waals surface area contributed by atoms with Crippen molar-refractivity contribution in [2.75, 3.05) is 4.90 Å². The summed E-state index contributed by atoms with van der Waals surface area (Å²) in [7, 11) is 0. The molecule has 6 heteroatoms. The third-order valence-electron chi connectivity index (χ3n) is 3.80. The first kappa shape index (κ1) is 14.7. The summed E-state index contributed by atoms with van der Waals surface area (Å²) >= 11 is 1.61. The Morgan fingerprint density at radius 2 is 2.21 bits per heavy atom. The van der Waals surface area contributed by atoms with E-state index in [9.17, 15) is 4.79 Å². The molecule has 0 unspecified atom stereocenters. The number of thiophene rings is 1. The number of benzene rings is 1. The molecule has 0 saturated carbocycles. The molecule has 0 atom stereocenters. The first-order chi connectivity index (χ1) is 11.7. The summed E-state index contributed by atoms with van der Waals surface area (Å²) in [6.45, 7) is 2.48. The van der Waals surface area contributed by atoms with E-state index >= 15 is 0 Å². The SMILES string of the molecule is Cc1ccc2oc(C(=O)N(Cc3cccs3)c3ccn[nH]3)cc2c1. The number of fused-ring (bicyclic) bond motifs is 1. The number of rotatable bonds is 4. The van der Waals surface area contributed by atoms with Crippen LogP contribution in [0.4, 0.5) is 5.82 Å². The van der Waals surface area contributed by atoms with Gasteiger partial charge in [-0.1, -0.05) is 17.7 Å². The molecular formula is C18H15N3O2S. The smallest absolute Gasteiger partial charge is 0.295 e. The van der Waals surface area contributed by atoms with Gasteiger partial charge in [-0.3, -0.25) is 14.8 Å². The molecule has 1 N–H and O–H groups in total. The van der Waals surface area contributed by atoms with Crippen molar-refractivity contribution < 1.29 is 9.21 Å². The molecule has 0 aliphatic carbocycles. The number of carbonyl (C=O) groups excluding carboxylic acids is 1. The topological polar surface area (TPSA) is 62.1 Å². The molecular weight excluding hydrogens is 322 g/mol. The van der Waals surface area contributed by atoms with Crippen LogP contribution in [0.3, 0.4) is 0 Å². The van der Waals surface area contributed by atoms with Gasteiger partial charge in [-0.25, -0.2) is 0 Å². The lowest BCUT2D eigenvalue weighted by Crippen LogP contribution is -2.30. The highest BCUT2D eigenvalue weighted by molar-refractivity contribution is 7.09. The van der Waals surface area contributed by atoms with E-state index in [-0.39, 0.29) is 5.91 Å². The Bertz CT molecular complexity index is 971. The fourth-order valence-corrected chi connectivity index (χ4v) is 3.32. The minimum atomic E-state index is -0.193. The van der Waals surface area contributed by atoms with Crippen molar-refractivity contribution >= 4 is 34.0 Å². The standard InChI is InChI=1S/C18H15N3O2S/c1-12-4-5-15-13(9-12)10-16(23-15)18(22)21(17-6-7-19-20-17)11-14-3-2-8-24-14/h2-10H,11H2,1H3,(H,19,20). The summed E-state index contributed by atoms with van der Waals surface area (Å²) in [5, 5.41) is 9.74. The van der Waals surface area contributed by atoms with Crippen LogP contribution in [-0.2, 0) is 6.54 Å². The van der Waals surface area contributed by atoms with Gasteiger partial charge in [0.1, 0.15) is 11.4 Å². The molecule has 0 bridgehead atoms. The van der Waals surface area contributed by atoms with Crippen molar-refractivity contribution in [3.8, 4) is 0 Å². The van der Waals surface area contributed by atoms with E-state index in [4.69, 9.17) is 4.42 Å². The van der Waals surface area contributed by atoms with E-state index in [0.29, 0.717) is 23.7 Å². The van der Waals surface area contributed by atoms with Crippen molar-refractivity contribution in [2.24, 2.45) is 0 Å². The number of nitrogens with one attached hydrogen (secondary N) is 1. The van der Waals surface area contributed by atoms with Crippen LogP contribution in [0.25, 0.3) is 11.0 Å². The van der Waals surface area contributed by atoms with Gasteiger partial charge in [-0.15, -0.1) is 11.3 Å². The van der Waals surface area contributed by atoms with E-state index in [1.165, 1.54) is 0 Å². The molecule has 0 radical (unpaired) electrons. The first-order valence-electron chi connectivity index (χ1n) is 7.54. The van der Waals surface area contributed by atoms with Crippen molar-refractivity contribution in [3.63, 3.8) is 0 Å². The molecule has 24 heavy (non-hydrogen) atoms. The molecule has 0 spiro atoms. The van der Waals surface area contributed by atoms with E-state index < -0.39 is 0 Å². The maximum Gasteiger partial charge on any atom is 0.295 e. The number of hydrogen-bond acceptors (Lipinski definition) is 4. The predicted octanol–water partition coefficient (Wildman–Crippen LogP) is 4.37. The summed E-state index contributed by atoms with van der Waals surface area (Å²) in [5.74, 6) is 0.772. The normalized spacial score (nSPS) is 11.0. The molecule has 5 nitrogen and oxygen atoms in total. The summed E-state index contributed by atoms with van der Waals surface area (Å²) in [4.78, 5) is 15.7. The molecule has 4 aromatic rings. The molecule has 0 aliphatic rings. The Morgan fingerprint density at radius 3 is 2.96 bits per heavy atom. The zero-order valence-electron chi connectivity index (χ0n) is 13.0. The minimum absolute atomic E-state index is 0.193. The van der Waals surface area contributed by atoms with Gasteiger partial charge in [0.25, 0.3) is 5.91 Å². The lowest BCUT2D eigenvalue weighted by molar-refractivity contribution is 0.0960. The Balaban J connectivity index is 1.71. The van der Waals surface area contributed by atoms with Gasteiger partial charge in [0.05, 0.1) is 12.7 Å². The number of nitrogens with zero attached hydrogens (tertiary/aromatic N) is 2. The minimum Gasteiger partial charge on any atom is -0.451 e. The van der Waals surface area contributed by atoms with Gasteiger partial charge in [-0.05, 0) is 36.6 Å². The highest BCUT2D eigenvalue weighted by atomic mass is 32.1. The van der Waals surface area contributed by atoms with Crippen LogP contribution in [-0.4, -0.2) is 16.1 Å². The number of aromatic nitrogens is 2. The third-order valence-corrected chi connectivity index (χ3v) is 4.66. The molecule has 3 aromatic heterocycles. The van der Waals surface area contributed by atoms with Crippen molar-refractivity contribution in [1.29, 1.82) is 0 Å². The van der Waals surface area contributed by atoms with Crippen LogP contribution in [0.5, 0.6) is 0 Å². The summed E-state index contributed by atoms with van der Waals surface area (Å²) < 4.78 is 5.76. The number of aromatic amines is 1. The average Bonchev–Trinajstić information content (AvgIpc) is 3.31. The maximum atomic E-state index is 13.0. The lowest BCUT2D eigenvalue weighted by atomic mass is 10.2. The second-order valence-corrected chi connectivity index (χ2v) is 6.60. The molecule has 1 amide bonds. The van der Waals surface area contributed by atoms with Crippen LogP contribution in [0, 0.1) is 6.92 Å². The number of anilines is 1. The van der Waals surface area contributed by atoms with Crippen molar-refractivity contribution in [1.82, 2.24) is 10.2 Å². The Morgan fingerprint density at radius 1 is 1.29 bits per heavy atom. The van der Waals surface area contributed by atoms with E-state index in [0.717, 1.165) is 15.8 Å². The summed E-state index contributed by atoms with van der Waals surface area (Å²) in [6, 6.07) is 13.4. The highest BCUT2D eigenvalue weighted by Crippen LogP contribution is 2.25. The number of carbonyl (C=O) groups is 1. The predicted molar refractivity (Wildman–Crippen MR) is 94.4 cm³/mol. The summed E-state index contributed by atoms with van der Waals surface area (Å²) in [5.41, 5.74) is 1.84. The fraction of sp³-hybridized carbons (Fsp3) is 0.111. The molecule has 0 aliphatic heterocycles. The number of furan rings is 1. The van der Waals surface area contributed by atoms with Gasteiger partial charge in [0.2, 0.25) is 0 Å². The van der Waals surface area contributed by atoms with Crippen molar-refractivity contribution in [2.45, 2.75) is 13.5 Å². The second kappa shape index (κ2) is 5.98. The van der Waals surface area contributed by atoms with Crippen LogP contribution in [0.2, 0.25) is 0 Å². The number of aryl methyl sites for hydroxylation is 1. The summed E-state index contributed by atoms with van der Waals surface area (Å²) in [6.07, 6.45) is 1.63. The molecule has 0 fully saturated rings. The van der Waals surface area contributed by atoms with E-state index in [2.05, 4.69) is 10.2 Å². The van der Waals surface area contributed by atoms with Crippen LogP contribution in [0.15, 0.2) is 58.5 Å². The van der Waals surface area contributed by atoms with Gasteiger partial charge in [0.15, 0.2) is 5.76 Å². The molecule has 4 rings (SSSR count). The monoisotopic (exact) mass is 337 g/mol. The molecule has 0 saturated heterocycles. The Kier molecular flexibility index (Phi) is 3.66. The van der Waals surface area contributed by atoms with Gasteiger partial charge in [0, 0.05) is 16.3 Å². The number of amides is 1. The highest BCUT2D eigenvalue weighted by Gasteiger charge is 2.23. The van der Waals surface area contributed by atoms with Gasteiger partial charge >= 0.3 is 0 Å². The second-order valence-electron chi connectivity index (χ2n) is 5.56. The Labute approximate surface area is 142 Å². The van der Waals surface area contributed by atoms with Crippen LogP contribution in [0.1, 0.15) is 21.0 Å². The Hall–Kier alpha value is -2.86. The van der Waals surface area contributed by atoms with E-state index in [1.54, 1.807) is 34.6 Å². The molecule has 120 valence electrons. The van der Waals surface area contributed by atoms with Crippen LogP contribution < -0.4 is 4.90 Å². The molecule has 1 aromatic carbocycles. The zero-order chi connectivity index (χ0) is 16.5. The fourth-order valence-electron chi connectivity index (χ4n) is 2.62. The zero-order valence-corrected chi connectivity index (χ0v) is 13.8. The average molecular weight is 337 g/mol. The van der Waals surface area contributed by atoms with Gasteiger partial charge in [-0.2, -0.15) is 5.10 Å². The maximum absolute atomic E-state index is 13.0. The number of H-pyrrole nitrogens is 1. The van der Waals surface area contributed by atoms with Crippen molar-refractivity contribution in [3.05, 3.63) is 70.2 Å². The largest absolute Gasteiger partial charge is 0.451 e. The lowest BCUT2D eigenvalue weighted by Gasteiger charge is -2.18. The molecule has 3 heterocycles.